The Morgan fingerprint density at radius 3 is 2.84 bits per heavy atom. The summed E-state index contributed by atoms with van der Waals surface area (Å²) in [5.41, 5.74) is -2.64. The summed E-state index contributed by atoms with van der Waals surface area (Å²) in [6, 6.07) is 3.23. The number of H-pyrrole nitrogens is 1. The zero-order valence-electron chi connectivity index (χ0n) is 13.9. The van der Waals surface area contributed by atoms with E-state index in [1.807, 2.05) is 0 Å². The lowest BCUT2D eigenvalue weighted by Crippen LogP contribution is -2.43. The Balaban J connectivity index is 1.98. The molecule has 0 aromatic carbocycles. The highest BCUT2D eigenvalue weighted by Crippen LogP contribution is 2.61. The first-order valence-electron chi connectivity index (χ1n) is 7.68. The van der Waals surface area contributed by atoms with E-state index in [0.29, 0.717) is 0 Å². The minimum atomic E-state index is -3.85. The molecule has 2 aliphatic heterocycles. The summed E-state index contributed by atoms with van der Waals surface area (Å²) < 4.78 is 35.4. The van der Waals surface area contributed by atoms with Crippen molar-refractivity contribution >= 4 is 7.82 Å². The Labute approximate surface area is 142 Å². The molecule has 1 aromatic rings. The summed E-state index contributed by atoms with van der Waals surface area (Å²) in [6.07, 6.45) is -1.86. The lowest BCUT2D eigenvalue weighted by atomic mass is 9.84. The molecular formula is C14H18N3O7P. The number of aromatic nitrogens is 2. The summed E-state index contributed by atoms with van der Waals surface area (Å²) in [5.74, 6) is 0. The van der Waals surface area contributed by atoms with Crippen LogP contribution in [0.25, 0.3) is 0 Å². The molecule has 2 unspecified atom stereocenters. The van der Waals surface area contributed by atoms with Gasteiger partial charge in [-0.25, -0.2) is 9.36 Å². The molecule has 10 nitrogen and oxygen atoms in total. The molecule has 0 aliphatic carbocycles. The molecule has 136 valence electrons. The van der Waals surface area contributed by atoms with Crippen LogP contribution in [0.2, 0.25) is 0 Å². The minimum absolute atomic E-state index is 0.111. The fourth-order valence-corrected chi connectivity index (χ4v) is 4.59. The fourth-order valence-electron chi connectivity index (χ4n) is 2.94. The van der Waals surface area contributed by atoms with Gasteiger partial charge >= 0.3 is 13.5 Å². The summed E-state index contributed by atoms with van der Waals surface area (Å²) in [6.45, 7) is 4.77. The maximum atomic E-state index is 12.6. The number of nitrogens with zero attached hydrogens (tertiary/aromatic N) is 2. The molecule has 3 heterocycles. The quantitative estimate of drug-likeness (QED) is 0.775. The Kier molecular flexibility index (Phi) is 4.47. The second-order valence-corrected chi connectivity index (χ2v) is 7.94. The maximum Gasteiger partial charge on any atom is 0.475 e. The van der Waals surface area contributed by atoms with E-state index < -0.39 is 49.0 Å². The lowest BCUT2D eigenvalue weighted by Gasteiger charge is -2.34. The molecular weight excluding hydrogens is 353 g/mol. The van der Waals surface area contributed by atoms with Gasteiger partial charge in [0, 0.05) is 12.3 Å². The molecule has 0 saturated carbocycles. The van der Waals surface area contributed by atoms with Crippen LogP contribution < -0.4 is 11.2 Å². The summed E-state index contributed by atoms with van der Waals surface area (Å²) in [4.78, 5) is 25.4. The first-order valence-corrected chi connectivity index (χ1v) is 9.14. The zero-order chi connectivity index (χ0) is 18.4. The van der Waals surface area contributed by atoms with Crippen LogP contribution in [0.5, 0.6) is 0 Å². The van der Waals surface area contributed by atoms with Gasteiger partial charge in [0.25, 0.3) is 5.56 Å². The molecule has 11 heteroatoms. The molecule has 1 aromatic heterocycles. The Bertz CT molecular complexity index is 872. The van der Waals surface area contributed by atoms with Crippen LogP contribution in [-0.2, 0) is 22.9 Å². The third kappa shape index (κ3) is 3.10. The zero-order valence-corrected chi connectivity index (χ0v) is 14.8. The highest BCUT2D eigenvalue weighted by Gasteiger charge is 2.61. The number of aromatic amines is 1. The smallest absolute Gasteiger partial charge is 0.348 e. The Hall–Kier alpha value is -1.76. The number of hydrogen-bond acceptors (Lipinski definition) is 8. The van der Waals surface area contributed by atoms with Crippen molar-refractivity contribution < 1.29 is 22.9 Å². The van der Waals surface area contributed by atoms with Crippen molar-refractivity contribution in [3.8, 4) is 6.07 Å². The van der Waals surface area contributed by atoms with E-state index >= 15 is 0 Å². The van der Waals surface area contributed by atoms with Gasteiger partial charge in [-0.3, -0.25) is 27.9 Å². The SMILES string of the molecule is CC(C)OP1(=O)OC[C@H]2OC(n3ccc(=O)[nH]c3=O)[C@](C)(C#N)[C@@H]2O1. The molecule has 0 radical (unpaired) electrons. The molecule has 2 fully saturated rings. The topological polar surface area (TPSA) is 133 Å². The second kappa shape index (κ2) is 6.20. The van der Waals surface area contributed by atoms with Crippen LogP contribution in [0.4, 0.5) is 0 Å². The minimum Gasteiger partial charge on any atom is -0.348 e. The monoisotopic (exact) mass is 371 g/mol. The van der Waals surface area contributed by atoms with Crippen molar-refractivity contribution in [2.75, 3.05) is 6.61 Å². The Morgan fingerprint density at radius 1 is 1.52 bits per heavy atom. The number of hydrogen-bond donors (Lipinski definition) is 1. The van der Waals surface area contributed by atoms with E-state index in [9.17, 15) is 19.4 Å². The summed E-state index contributed by atoms with van der Waals surface area (Å²) in [7, 11) is -3.85. The highest BCUT2D eigenvalue weighted by atomic mass is 31.2. The predicted octanol–water partition coefficient (Wildman–Crippen LogP) is 0.912. The molecule has 0 amide bonds. The van der Waals surface area contributed by atoms with Crippen molar-refractivity contribution in [3.05, 3.63) is 33.1 Å². The van der Waals surface area contributed by atoms with Gasteiger partial charge in [0.2, 0.25) is 0 Å². The molecule has 0 bridgehead atoms. The average Bonchev–Trinajstić information content (AvgIpc) is 2.79. The van der Waals surface area contributed by atoms with E-state index in [1.54, 1.807) is 13.8 Å². The molecule has 0 spiro atoms. The van der Waals surface area contributed by atoms with Gasteiger partial charge in [-0.15, -0.1) is 0 Å². The standard InChI is InChI=1S/C14H18N3O7P/c1-8(2)23-25(20)21-6-9-11(24-25)14(3,7-15)12(22-9)17-5-4-10(18)16-13(17)19/h4-5,8-9,11-12H,6H2,1-3H3,(H,16,18,19)/t9-,11-,12?,14-,25?/m1/s1. The van der Waals surface area contributed by atoms with Crippen LogP contribution in [-0.4, -0.2) is 34.5 Å². The number of nitrogens with one attached hydrogen (secondary N) is 1. The second-order valence-electron chi connectivity index (χ2n) is 6.36. The Morgan fingerprint density at radius 2 is 2.24 bits per heavy atom. The van der Waals surface area contributed by atoms with Crippen LogP contribution in [0, 0.1) is 16.7 Å². The number of phosphoric ester groups is 1. The predicted molar refractivity (Wildman–Crippen MR) is 83.6 cm³/mol. The molecule has 1 N–H and O–H groups in total. The number of fused-ring (bicyclic) bond motifs is 1. The van der Waals surface area contributed by atoms with Crippen LogP contribution >= 0.6 is 7.82 Å². The van der Waals surface area contributed by atoms with E-state index in [4.69, 9.17) is 18.3 Å². The third-order valence-corrected chi connectivity index (χ3v) is 5.70. The maximum absolute atomic E-state index is 12.6. The van der Waals surface area contributed by atoms with Crippen molar-refractivity contribution in [2.45, 2.75) is 45.3 Å². The van der Waals surface area contributed by atoms with E-state index in [-0.39, 0.29) is 6.61 Å². The van der Waals surface area contributed by atoms with Gasteiger partial charge in [-0.1, -0.05) is 0 Å². The van der Waals surface area contributed by atoms with Crippen molar-refractivity contribution in [2.24, 2.45) is 5.41 Å². The number of phosphoric acid groups is 1. The van der Waals surface area contributed by atoms with Crippen LogP contribution in [0.15, 0.2) is 21.9 Å². The normalized spacial score (nSPS) is 37.6. The molecule has 2 saturated heterocycles. The van der Waals surface area contributed by atoms with Gasteiger partial charge < -0.3 is 4.74 Å². The van der Waals surface area contributed by atoms with Gasteiger partial charge in [-0.2, -0.15) is 5.26 Å². The van der Waals surface area contributed by atoms with E-state index in [1.165, 1.54) is 13.1 Å². The first kappa shape index (κ1) is 18.0. The van der Waals surface area contributed by atoms with Gasteiger partial charge in [-0.05, 0) is 20.8 Å². The van der Waals surface area contributed by atoms with Crippen molar-refractivity contribution in [1.29, 1.82) is 5.26 Å². The lowest BCUT2D eigenvalue weighted by molar-refractivity contribution is -0.0749. The molecule has 3 rings (SSSR count). The summed E-state index contributed by atoms with van der Waals surface area (Å²) >= 11 is 0. The van der Waals surface area contributed by atoms with Crippen LogP contribution in [0.3, 0.4) is 0 Å². The van der Waals surface area contributed by atoms with Gasteiger partial charge in [0.1, 0.15) is 17.6 Å². The van der Waals surface area contributed by atoms with Crippen molar-refractivity contribution in [3.63, 3.8) is 0 Å². The third-order valence-electron chi connectivity index (χ3n) is 4.07. The van der Waals surface area contributed by atoms with E-state index in [0.717, 1.165) is 10.6 Å². The molecule has 2 aliphatic rings. The highest BCUT2D eigenvalue weighted by molar-refractivity contribution is 7.48. The van der Waals surface area contributed by atoms with E-state index in [2.05, 4.69) is 11.1 Å². The fraction of sp³-hybridized carbons (Fsp3) is 0.643. The number of nitriles is 1. The molecule has 25 heavy (non-hydrogen) atoms. The van der Waals surface area contributed by atoms with Gasteiger partial charge in [0.05, 0.1) is 18.8 Å². The molecule has 5 atom stereocenters. The van der Waals surface area contributed by atoms with Gasteiger partial charge in [0.15, 0.2) is 6.23 Å². The first-order chi connectivity index (χ1) is 11.7. The largest absolute Gasteiger partial charge is 0.475 e. The number of ether oxygens (including phenoxy) is 1. The van der Waals surface area contributed by atoms with Crippen LogP contribution in [0.1, 0.15) is 27.0 Å². The number of rotatable bonds is 3. The summed E-state index contributed by atoms with van der Waals surface area (Å²) in [5, 5.41) is 9.72. The average molecular weight is 371 g/mol. The van der Waals surface area contributed by atoms with Crippen molar-refractivity contribution in [1.82, 2.24) is 9.55 Å².